The number of rotatable bonds is 11. The fraction of sp³-hybridized carbons (Fsp3) is 0.261. The molecule has 7 nitrogen and oxygen atoms in total. The van der Waals surface area contributed by atoms with Crippen molar-refractivity contribution < 1.29 is 19.1 Å². The van der Waals surface area contributed by atoms with Crippen molar-refractivity contribution in [1.82, 2.24) is 10.3 Å². The molecule has 0 radical (unpaired) electrons. The zero-order valence-corrected chi connectivity index (χ0v) is 18.1. The number of nitrogens with one attached hydrogen (secondary N) is 2. The standard InChI is InChI=1S/C23H25N3O4S/c1-17(27)25-23-26-21(16-31-23)22(28)24-13-5-6-14-29-19-9-11-20(12-10-19)30-15-18-7-3-2-4-8-18/h2-4,7-12,16H,5-6,13-15H2,1H3,(H,24,28)(H,25,26,27). The minimum absolute atomic E-state index is 0.212. The third-order valence-electron chi connectivity index (χ3n) is 4.22. The quantitative estimate of drug-likeness (QED) is 0.436. The Bertz CT molecular complexity index is 974. The first-order chi connectivity index (χ1) is 15.1. The zero-order valence-electron chi connectivity index (χ0n) is 17.3. The van der Waals surface area contributed by atoms with Crippen molar-refractivity contribution in [2.24, 2.45) is 0 Å². The number of ether oxygens (including phenoxy) is 2. The van der Waals surface area contributed by atoms with Gasteiger partial charge in [0.15, 0.2) is 5.13 Å². The summed E-state index contributed by atoms with van der Waals surface area (Å²) in [4.78, 5) is 27.1. The van der Waals surface area contributed by atoms with Gasteiger partial charge in [0.1, 0.15) is 23.8 Å². The van der Waals surface area contributed by atoms with Crippen LogP contribution in [-0.2, 0) is 11.4 Å². The minimum atomic E-state index is -0.250. The van der Waals surface area contributed by atoms with E-state index in [0.29, 0.717) is 30.6 Å². The fourth-order valence-electron chi connectivity index (χ4n) is 2.67. The lowest BCUT2D eigenvalue weighted by molar-refractivity contribution is -0.114. The summed E-state index contributed by atoms with van der Waals surface area (Å²) in [6, 6.07) is 17.6. The molecule has 0 aliphatic heterocycles. The van der Waals surface area contributed by atoms with E-state index in [1.54, 1.807) is 5.38 Å². The Morgan fingerprint density at radius 2 is 1.68 bits per heavy atom. The molecule has 0 aliphatic rings. The number of hydrogen-bond donors (Lipinski definition) is 2. The van der Waals surface area contributed by atoms with Crippen molar-refractivity contribution in [3.05, 3.63) is 71.2 Å². The molecule has 31 heavy (non-hydrogen) atoms. The predicted octanol–water partition coefficient (Wildman–Crippen LogP) is 4.27. The summed E-state index contributed by atoms with van der Waals surface area (Å²) < 4.78 is 11.5. The molecule has 162 valence electrons. The van der Waals surface area contributed by atoms with Gasteiger partial charge in [-0.1, -0.05) is 30.3 Å². The van der Waals surface area contributed by atoms with Crippen LogP contribution in [-0.4, -0.2) is 29.9 Å². The third-order valence-corrected chi connectivity index (χ3v) is 4.97. The number of carbonyl (C=O) groups excluding carboxylic acids is 2. The van der Waals surface area contributed by atoms with E-state index in [4.69, 9.17) is 9.47 Å². The van der Waals surface area contributed by atoms with E-state index in [1.165, 1.54) is 18.3 Å². The molecule has 0 fully saturated rings. The van der Waals surface area contributed by atoms with Crippen molar-refractivity contribution in [2.75, 3.05) is 18.5 Å². The van der Waals surface area contributed by atoms with E-state index < -0.39 is 0 Å². The molecule has 0 spiro atoms. The number of unbranched alkanes of at least 4 members (excludes halogenated alkanes) is 1. The fourth-order valence-corrected chi connectivity index (χ4v) is 3.41. The van der Waals surface area contributed by atoms with Gasteiger partial charge in [0.25, 0.3) is 5.91 Å². The molecule has 0 aliphatic carbocycles. The molecule has 2 amide bonds. The van der Waals surface area contributed by atoms with Gasteiger partial charge in [-0.15, -0.1) is 11.3 Å². The summed E-state index contributed by atoms with van der Waals surface area (Å²) >= 11 is 1.22. The predicted molar refractivity (Wildman–Crippen MR) is 121 cm³/mol. The number of amides is 2. The number of hydrogen-bond acceptors (Lipinski definition) is 6. The van der Waals surface area contributed by atoms with Gasteiger partial charge in [0.2, 0.25) is 5.91 Å². The van der Waals surface area contributed by atoms with E-state index in [0.717, 1.165) is 29.9 Å². The van der Waals surface area contributed by atoms with Crippen molar-refractivity contribution in [2.45, 2.75) is 26.4 Å². The monoisotopic (exact) mass is 439 g/mol. The Balaban J connectivity index is 1.28. The molecule has 0 atom stereocenters. The van der Waals surface area contributed by atoms with Crippen molar-refractivity contribution in [3.63, 3.8) is 0 Å². The Kier molecular flexibility index (Phi) is 8.42. The van der Waals surface area contributed by atoms with Crippen LogP contribution in [0.4, 0.5) is 5.13 Å². The lowest BCUT2D eigenvalue weighted by Crippen LogP contribution is -2.25. The average molecular weight is 440 g/mol. The Morgan fingerprint density at radius 3 is 2.39 bits per heavy atom. The van der Waals surface area contributed by atoms with Gasteiger partial charge >= 0.3 is 0 Å². The van der Waals surface area contributed by atoms with Crippen LogP contribution in [0.2, 0.25) is 0 Å². The Morgan fingerprint density at radius 1 is 0.968 bits per heavy atom. The molecule has 2 N–H and O–H groups in total. The molecule has 0 saturated carbocycles. The second-order valence-corrected chi connectivity index (χ2v) is 7.63. The molecule has 3 aromatic rings. The van der Waals surface area contributed by atoms with Gasteiger partial charge in [0.05, 0.1) is 6.61 Å². The summed E-state index contributed by atoms with van der Waals surface area (Å²) in [6.07, 6.45) is 1.59. The minimum Gasteiger partial charge on any atom is -0.494 e. The van der Waals surface area contributed by atoms with Crippen LogP contribution in [0.25, 0.3) is 0 Å². The third kappa shape index (κ3) is 7.75. The number of thiazole rings is 1. The normalized spacial score (nSPS) is 10.4. The van der Waals surface area contributed by atoms with E-state index in [2.05, 4.69) is 15.6 Å². The van der Waals surface area contributed by atoms with Crippen LogP contribution in [0.5, 0.6) is 11.5 Å². The van der Waals surface area contributed by atoms with Gasteiger partial charge in [-0.2, -0.15) is 0 Å². The topological polar surface area (TPSA) is 89.6 Å². The van der Waals surface area contributed by atoms with Gasteiger partial charge in [-0.25, -0.2) is 4.98 Å². The smallest absolute Gasteiger partial charge is 0.270 e. The van der Waals surface area contributed by atoms with Gasteiger partial charge in [-0.3, -0.25) is 9.59 Å². The molecular weight excluding hydrogens is 414 g/mol. The second kappa shape index (κ2) is 11.7. The first-order valence-electron chi connectivity index (χ1n) is 10.0. The molecular formula is C23H25N3O4S. The summed E-state index contributed by atoms with van der Waals surface area (Å²) in [5.41, 5.74) is 1.43. The molecule has 0 bridgehead atoms. The highest BCUT2D eigenvalue weighted by Crippen LogP contribution is 2.19. The summed E-state index contributed by atoms with van der Waals surface area (Å²) in [5.74, 6) is 1.11. The van der Waals surface area contributed by atoms with Crippen molar-refractivity contribution in [3.8, 4) is 11.5 Å². The molecule has 3 rings (SSSR count). The van der Waals surface area contributed by atoms with E-state index in [9.17, 15) is 9.59 Å². The van der Waals surface area contributed by atoms with Crippen LogP contribution < -0.4 is 20.1 Å². The van der Waals surface area contributed by atoms with Crippen molar-refractivity contribution >= 4 is 28.3 Å². The van der Waals surface area contributed by atoms with Gasteiger partial charge in [-0.05, 0) is 42.7 Å². The SMILES string of the molecule is CC(=O)Nc1nc(C(=O)NCCCCOc2ccc(OCc3ccccc3)cc2)cs1. The highest BCUT2D eigenvalue weighted by atomic mass is 32.1. The maximum atomic E-state index is 12.1. The number of nitrogens with zero attached hydrogens (tertiary/aromatic N) is 1. The molecule has 8 heteroatoms. The Hall–Kier alpha value is -3.39. The molecule has 0 saturated heterocycles. The highest BCUT2D eigenvalue weighted by molar-refractivity contribution is 7.14. The van der Waals surface area contributed by atoms with Crippen LogP contribution >= 0.6 is 11.3 Å². The molecule has 2 aromatic carbocycles. The average Bonchev–Trinajstić information content (AvgIpc) is 3.24. The maximum absolute atomic E-state index is 12.1. The van der Waals surface area contributed by atoms with E-state index in [-0.39, 0.29) is 11.8 Å². The second-order valence-electron chi connectivity index (χ2n) is 6.78. The summed E-state index contributed by atoms with van der Waals surface area (Å²) in [7, 11) is 0. The van der Waals surface area contributed by atoms with Crippen LogP contribution in [0, 0.1) is 0 Å². The molecule has 1 aromatic heterocycles. The number of carbonyl (C=O) groups is 2. The highest BCUT2D eigenvalue weighted by Gasteiger charge is 2.10. The van der Waals surface area contributed by atoms with Gasteiger partial charge < -0.3 is 20.1 Å². The first kappa shape index (κ1) is 22.3. The largest absolute Gasteiger partial charge is 0.494 e. The number of benzene rings is 2. The van der Waals surface area contributed by atoms with E-state index in [1.807, 2.05) is 54.6 Å². The summed E-state index contributed by atoms with van der Waals surface area (Å²) in [5, 5.41) is 7.42. The first-order valence-corrected chi connectivity index (χ1v) is 10.9. The maximum Gasteiger partial charge on any atom is 0.270 e. The molecule has 1 heterocycles. The number of anilines is 1. The lowest BCUT2D eigenvalue weighted by Gasteiger charge is -2.09. The molecule has 0 unspecified atom stereocenters. The Labute approximate surface area is 185 Å². The number of aromatic nitrogens is 1. The van der Waals surface area contributed by atoms with E-state index >= 15 is 0 Å². The lowest BCUT2D eigenvalue weighted by atomic mass is 10.2. The van der Waals surface area contributed by atoms with Crippen molar-refractivity contribution in [1.29, 1.82) is 0 Å². The zero-order chi connectivity index (χ0) is 21.9. The van der Waals surface area contributed by atoms with Gasteiger partial charge in [0, 0.05) is 18.8 Å². The summed E-state index contributed by atoms with van der Waals surface area (Å²) in [6.45, 7) is 3.02. The van der Waals surface area contributed by atoms with Crippen LogP contribution in [0.15, 0.2) is 60.0 Å². The van der Waals surface area contributed by atoms with Crippen LogP contribution in [0.1, 0.15) is 35.8 Å². The van der Waals surface area contributed by atoms with Crippen LogP contribution in [0.3, 0.4) is 0 Å².